The summed E-state index contributed by atoms with van der Waals surface area (Å²) < 4.78 is 11.8. The third kappa shape index (κ3) is 8.07. The lowest BCUT2D eigenvalue weighted by atomic mass is 9.67. The standard InChI is InChI=1S/C35H51ClN4O5/c1-34(2,3)45-33(43)40-8-6-24(7-9-40)23-44-30-5-4-29(36)16-28(30)22-38-10-12-39(13-11-38)32(42)21-37-31(41)20-35-17-25-14-26(18-35)27(15-25)19-35/h4-5,16,24-27H,6-15,17-23H2,1-3H3,(H,37,41). The van der Waals surface area contributed by atoms with Crippen LogP contribution < -0.4 is 10.1 Å². The number of rotatable bonds is 9. The van der Waals surface area contributed by atoms with E-state index < -0.39 is 5.60 Å². The Labute approximate surface area is 273 Å². The number of halogens is 1. The largest absolute Gasteiger partial charge is 0.493 e. The summed E-state index contributed by atoms with van der Waals surface area (Å²) in [6.45, 7) is 11.2. The second kappa shape index (κ2) is 13.3. The summed E-state index contributed by atoms with van der Waals surface area (Å²) in [5.41, 5.74) is 0.752. The summed E-state index contributed by atoms with van der Waals surface area (Å²) in [6.07, 6.45) is 8.49. The molecule has 2 aliphatic heterocycles. The number of hydrogen-bond acceptors (Lipinski definition) is 6. The molecule has 1 aromatic rings. The van der Waals surface area contributed by atoms with E-state index in [-0.39, 0.29) is 29.9 Å². The summed E-state index contributed by atoms with van der Waals surface area (Å²) in [7, 11) is 0. The highest BCUT2D eigenvalue weighted by atomic mass is 35.5. The SMILES string of the molecule is CC(C)(C)OC(=O)N1CCC(COc2ccc(Cl)cc2CN2CCN(C(=O)CNC(=O)CC34CC5CC(C3)C(C5)C4)CC2)CC1. The fourth-order valence-electron chi connectivity index (χ4n) is 8.91. The zero-order chi connectivity index (χ0) is 31.8. The number of hydrogen-bond donors (Lipinski definition) is 1. The number of piperazine rings is 1. The van der Waals surface area contributed by atoms with Crippen molar-refractivity contribution in [1.29, 1.82) is 0 Å². The van der Waals surface area contributed by atoms with Crippen LogP contribution in [0.1, 0.15) is 77.7 Å². The van der Waals surface area contributed by atoms with E-state index in [0.29, 0.717) is 56.7 Å². The average molecular weight is 643 g/mol. The second-order valence-electron chi connectivity index (χ2n) is 15.6. The van der Waals surface area contributed by atoms with E-state index in [1.807, 2.05) is 43.9 Å². The van der Waals surface area contributed by atoms with Crippen LogP contribution in [0, 0.1) is 29.1 Å². The van der Waals surface area contributed by atoms with Gasteiger partial charge >= 0.3 is 6.09 Å². The van der Waals surface area contributed by atoms with Gasteiger partial charge in [-0.25, -0.2) is 4.79 Å². The Bertz CT molecular complexity index is 1230. The summed E-state index contributed by atoms with van der Waals surface area (Å²) >= 11 is 6.38. The minimum Gasteiger partial charge on any atom is -0.493 e. The van der Waals surface area contributed by atoms with Gasteiger partial charge < -0.3 is 24.6 Å². The van der Waals surface area contributed by atoms with Crippen LogP contribution in [0.25, 0.3) is 0 Å². The van der Waals surface area contributed by atoms with E-state index >= 15 is 0 Å². The van der Waals surface area contributed by atoms with E-state index in [9.17, 15) is 14.4 Å². The average Bonchev–Trinajstić information content (AvgIpc) is 3.40. The molecule has 2 unspecified atom stereocenters. The van der Waals surface area contributed by atoms with Crippen LogP contribution in [0.4, 0.5) is 4.79 Å². The Morgan fingerprint density at radius 3 is 2.29 bits per heavy atom. The highest BCUT2D eigenvalue weighted by Crippen LogP contribution is 2.65. The Morgan fingerprint density at radius 1 is 0.956 bits per heavy atom. The maximum absolute atomic E-state index is 13.0. The fourth-order valence-corrected chi connectivity index (χ4v) is 9.10. The van der Waals surface area contributed by atoms with Crippen LogP contribution >= 0.6 is 11.6 Å². The number of carbonyl (C=O) groups excluding carboxylic acids is 3. The molecule has 4 saturated carbocycles. The predicted octanol–water partition coefficient (Wildman–Crippen LogP) is 5.34. The molecule has 9 nitrogen and oxygen atoms in total. The predicted molar refractivity (Wildman–Crippen MR) is 173 cm³/mol. The third-order valence-corrected chi connectivity index (χ3v) is 11.1. The van der Waals surface area contributed by atoms with Crippen molar-refractivity contribution >= 4 is 29.5 Å². The van der Waals surface area contributed by atoms with Gasteiger partial charge in [0.05, 0.1) is 13.2 Å². The van der Waals surface area contributed by atoms with Crippen molar-refractivity contribution in [1.82, 2.24) is 20.0 Å². The molecule has 7 rings (SSSR count). The van der Waals surface area contributed by atoms with Crippen LogP contribution in [0.3, 0.4) is 0 Å². The Morgan fingerprint density at radius 2 is 1.64 bits per heavy atom. The molecule has 248 valence electrons. The van der Waals surface area contributed by atoms with Gasteiger partial charge in [0.1, 0.15) is 11.4 Å². The van der Waals surface area contributed by atoms with Gasteiger partial charge in [0, 0.05) is 62.8 Å². The van der Waals surface area contributed by atoms with Crippen molar-refractivity contribution in [2.45, 2.75) is 84.3 Å². The normalized spacial score (nSPS) is 28.4. The molecule has 0 spiro atoms. The Kier molecular flexibility index (Phi) is 9.58. The van der Waals surface area contributed by atoms with Crippen molar-refractivity contribution in [3.63, 3.8) is 0 Å². The summed E-state index contributed by atoms with van der Waals surface area (Å²) in [6, 6.07) is 5.77. The molecular weight excluding hydrogens is 592 g/mol. The van der Waals surface area contributed by atoms with Gasteiger partial charge in [-0.2, -0.15) is 0 Å². The van der Waals surface area contributed by atoms with Crippen LogP contribution in [0.2, 0.25) is 5.02 Å². The summed E-state index contributed by atoms with van der Waals surface area (Å²) in [5.74, 6) is 3.77. The number of likely N-dealkylation sites (tertiary alicyclic amines) is 1. The Hall–Kier alpha value is -2.52. The first-order valence-electron chi connectivity index (χ1n) is 17.1. The van der Waals surface area contributed by atoms with Crippen molar-refractivity contribution in [3.8, 4) is 5.75 Å². The highest BCUT2D eigenvalue weighted by Gasteiger charge is 2.56. The molecule has 1 aromatic carbocycles. The zero-order valence-electron chi connectivity index (χ0n) is 27.3. The highest BCUT2D eigenvalue weighted by molar-refractivity contribution is 6.30. The van der Waals surface area contributed by atoms with Crippen molar-refractivity contribution in [2.75, 3.05) is 52.4 Å². The fraction of sp³-hybridized carbons (Fsp3) is 0.743. The van der Waals surface area contributed by atoms with E-state index in [2.05, 4.69) is 10.2 Å². The lowest BCUT2D eigenvalue weighted by Crippen LogP contribution is -2.51. The third-order valence-electron chi connectivity index (χ3n) is 10.9. The topological polar surface area (TPSA) is 91.4 Å². The number of nitrogens with one attached hydrogen (secondary N) is 1. The molecule has 0 aromatic heterocycles. The first-order valence-corrected chi connectivity index (χ1v) is 17.5. The van der Waals surface area contributed by atoms with Gasteiger partial charge in [0.15, 0.2) is 0 Å². The molecule has 0 radical (unpaired) electrons. The lowest BCUT2D eigenvalue weighted by molar-refractivity contribution is -0.135. The molecule has 2 heterocycles. The first kappa shape index (κ1) is 32.4. The smallest absolute Gasteiger partial charge is 0.410 e. The molecule has 6 aliphatic rings. The van der Waals surface area contributed by atoms with Crippen LogP contribution in [-0.2, 0) is 20.9 Å². The van der Waals surface area contributed by atoms with Gasteiger partial charge in [-0.1, -0.05) is 11.6 Å². The van der Waals surface area contributed by atoms with Gasteiger partial charge in [0.25, 0.3) is 0 Å². The molecule has 4 aliphatic carbocycles. The second-order valence-corrected chi connectivity index (χ2v) is 16.0. The first-order chi connectivity index (χ1) is 21.4. The van der Waals surface area contributed by atoms with Crippen molar-refractivity contribution < 1.29 is 23.9 Å². The number of ether oxygens (including phenoxy) is 2. The quantitative estimate of drug-likeness (QED) is 0.391. The molecular formula is C35H51ClN4O5. The molecule has 2 saturated heterocycles. The van der Waals surface area contributed by atoms with E-state index in [1.54, 1.807) is 4.90 Å². The number of carbonyl (C=O) groups is 3. The zero-order valence-corrected chi connectivity index (χ0v) is 28.1. The summed E-state index contributed by atoms with van der Waals surface area (Å²) in [5, 5.41) is 3.63. The minimum atomic E-state index is -0.491. The van der Waals surface area contributed by atoms with E-state index in [1.165, 1.54) is 32.1 Å². The molecule has 2 atom stereocenters. The molecule has 3 amide bonds. The van der Waals surface area contributed by atoms with E-state index in [0.717, 1.165) is 55.0 Å². The van der Waals surface area contributed by atoms with Gasteiger partial charge in [-0.05, 0) is 113 Å². The maximum atomic E-state index is 13.0. The summed E-state index contributed by atoms with van der Waals surface area (Å²) in [4.78, 5) is 44.2. The maximum Gasteiger partial charge on any atom is 0.410 e. The molecule has 10 heteroatoms. The van der Waals surface area contributed by atoms with Crippen molar-refractivity contribution in [2.24, 2.45) is 29.1 Å². The van der Waals surface area contributed by atoms with Crippen LogP contribution in [0.5, 0.6) is 5.75 Å². The molecule has 1 N–H and O–H groups in total. The Balaban J connectivity index is 0.915. The number of piperidine rings is 1. The molecule has 4 bridgehead atoms. The monoisotopic (exact) mass is 642 g/mol. The minimum absolute atomic E-state index is 0.000726. The lowest BCUT2D eigenvalue weighted by Gasteiger charge is -2.38. The molecule has 45 heavy (non-hydrogen) atoms. The van der Waals surface area contributed by atoms with Gasteiger partial charge in [0.2, 0.25) is 11.8 Å². The van der Waals surface area contributed by atoms with Crippen molar-refractivity contribution in [3.05, 3.63) is 28.8 Å². The number of benzene rings is 1. The van der Waals surface area contributed by atoms with Crippen LogP contribution in [-0.4, -0.2) is 90.6 Å². The number of nitrogens with zero attached hydrogens (tertiary/aromatic N) is 3. The number of amides is 3. The van der Waals surface area contributed by atoms with E-state index in [4.69, 9.17) is 21.1 Å². The molecule has 6 fully saturated rings. The van der Waals surface area contributed by atoms with Gasteiger partial charge in [-0.15, -0.1) is 0 Å². The van der Waals surface area contributed by atoms with Gasteiger partial charge in [-0.3, -0.25) is 14.5 Å². The van der Waals surface area contributed by atoms with Crippen LogP contribution in [0.15, 0.2) is 18.2 Å².